The summed E-state index contributed by atoms with van der Waals surface area (Å²) in [6, 6.07) is 0. The second-order valence-corrected chi connectivity index (χ2v) is 7.07. The van der Waals surface area contributed by atoms with Crippen LogP contribution in [0.25, 0.3) is 0 Å². The molecule has 1 fully saturated rings. The predicted molar refractivity (Wildman–Crippen MR) is 79.3 cm³/mol. The first-order chi connectivity index (χ1) is 9.06. The summed E-state index contributed by atoms with van der Waals surface area (Å²) >= 11 is 0. The van der Waals surface area contributed by atoms with Gasteiger partial charge in [-0.1, -0.05) is 20.8 Å². The van der Waals surface area contributed by atoms with Gasteiger partial charge < -0.3 is 5.32 Å². The lowest BCUT2D eigenvalue weighted by atomic mass is 9.98. The maximum Gasteiger partial charge on any atom is 0.281 e. The van der Waals surface area contributed by atoms with Gasteiger partial charge in [0.05, 0.1) is 0 Å². The van der Waals surface area contributed by atoms with Crippen LogP contribution in [-0.2, 0) is 10.2 Å². The van der Waals surface area contributed by atoms with Crippen molar-refractivity contribution in [2.45, 2.75) is 40.0 Å². The van der Waals surface area contributed by atoms with Crippen LogP contribution in [0.5, 0.6) is 0 Å². The van der Waals surface area contributed by atoms with Crippen molar-refractivity contribution in [2.75, 3.05) is 39.3 Å². The normalized spacial score (nSPS) is 19.2. The molecule has 0 aromatic rings. The van der Waals surface area contributed by atoms with E-state index in [0.29, 0.717) is 32.1 Å². The molecule has 0 saturated carbocycles. The topological polar surface area (TPSA) is 52.7 Å². The summed E-state index contributed by atoms with van der Waals surface area (Å²) in [6.07, 6.45) is 3.09. The zero-order valence-electron chi connectivity index (χ0n) is 12.6. The summed E-state index contributed by atoms with van der Waals surface area (Å²) in [5.74, 6) is 0.620. The van der Waals surface area contributed by atoms with E-state index in [1.807, 2.05) is 13.8 Å². The van der Waals surface area contributed by atoms with Crippen molar-refractivity contribution in [1.29, 1.82) is 0 Å². The predicted octanol–water partition coefficient (Wildman–Crippen LogP) is 1.28. The molecule has 1 heterocycles. The van der Waals surface area contributed by atoms with Gasteiger partial charge in [0, 0.05) is 26.2 Å². The molecule has 1 rings (SSSR count). The molecule has 0 radical (unpaired) electrons. The zero-order valence-corrected chi connectivity index (χ0v) is 13.4. The lowest BCUT2D eigenvalue weighted by molar-refractivity contribution is 0.251. The molecule has 1 saturated heterocycles. The number of hydrogen-bond donors (Lipinski definition) is 1. The highest BCUT2D eigenvalue weighted by molar-refractivity contribution is 7.86. The molecule has 1 aliphatic rings. The van der Waals surface area contributed by atoms with Crippen LogP contribution in [0.3, 0.4) is 0 Å². The molecule has 1 N–H and O–H groups in total. The molecule has 0 aromatic carbocycles. The summed E-state index contributed by atoms with van der Waals surface area (Å²) in [5.41, 5.74) is 0. The van der Waals surface area contributed by atoms with Crippen LogP contribution in [0.2, 0.25) is 0 Å². The zero-order chi connectivity index (χ0) is 14.3. The van der Waals surface area contributed by atoms with E-state index in [1.54, 1.807) is 8.61 Å². The van der Waals surface area contributed by atoms with Crippen molar-refractivity contribution in [3.05, 3.63) is 0 Å². The van der Waals surface area contributed by atoms with Crippen molar-refractivity contribution >= 4 is 10.2 Å². The highest BCUT2D eigenvalue weighted by atomic mass is 32.2. The first-order valence-electron chi connectivity index (χ1n) is 7.52. The van der Waals surface area contributed by atoms with Gasteiger partial charge in [0.1, 0.15) is 0 Å². The highest BCUT2D eigenvalue weighted by Crippen LogP contribution is 2.20. The van der Waals surface area contributed by atoms with Crippen LogP contribution in [0.1, 0.15) is 40.0 Å². The molecule has 19 heavy (non-hydrogen) atoms. The molecule has 0 unspecified atom stereocenters. The second kappa shape index (κ2) is 8.19. The Bertz CT molecular complexity index is 334. The van der Waals surface area contributed by atoms with E-state index in [-0.39, 0.29) is 0 Å². The van der Waals surface area contributed by atoms with Crippen molar-refractivity contribution in [2.24, 2.45) is 5.92 Å². The first-order valence-corrected chi connectivity index (χ1v) is 8.91. The van der Waals surface area contributed by atoms with Gasteiger partial charge in [-0.25, -0.2) is 0 Å². The fourth-order valence-electron chi connectivity index (χ4n) is 2.54. The molecule has 5 nitrogen and oxygen atoms in total. The minimum Gasteiger partial charge on any atom is -0.316 e. The van der Waals surface area contributed by atoms with Gasteiger partial charge >= 0.3 is 0 Å². The van der Waals surface area contributed by atoms with Gasteiger partial charge in [-0.2, -0.15) is 17.0 Å². The third kappa shape index (κ3) is 4.70. The number of nitrogens with zero attached hydrogens (tertiary/aromatic N) is 2. The Hall–Kier alpha value is -0.170. The average Bonchev–Trinajstić information content (AvgIpc) is 2.41. The first kappa shape index (κ1) is 16.9. The summed E-state index contributed by atoms with van der Waals surface area (Å²) < 4.78 is 27.9. The van der Waals surface area contributed by atoms with E-state index in [4.69, 9.17) is 0 Å². The summed E-state index contributed by atoms with van der Waals surface area (Å²) in [6.45, 7) is 10.4. The molecule has 0 bridgehead atoms. The molecule has 0 spiro atoms. The largest absolute Gasteiger partial charge is 0.316 e. The van der Waals surface area contributed by atoms with Crippen LogP contribution < -0.4 is 5.32 Å². The molecular weight excluding hydrogens is 262 g/mol. The third-order valence-electron chi connectivity index (χ3n) is 3.79. The van der Waals surface area contributed by atoms with Gasteiger partial charge in [0.15, 0.2) is 0 Å². The smallest absolute Gasteiger partial charge is 0.281 e. The molecule has 0 amide bonds. The molecule has 114 valence electrons. The molecule has 0 aromatic heterocycles. The van der Waals surface area contributed by atoms with E-state index in [0.717, 1.165) is 32.4 Å². The fraction of sp³-hybridized carbons (Fsp3) is 1.00. The summed E-state index contributed by atoms with van der Waals surface area (Å²) in [5, 5.41) is 3.43. The van der Waals surface area contributed by atoms with Crippen LogP contribution in [0.15, 0.2) is 0 Å². The van der Waals surface area contributed by atoms with Crippen molar-refractivity contribution in [3.8, 4) is 0 Å². The maximum atomic E-state index is 12.4. The summed E-state index contributed by atoms with van der Waals surface area (Å²) in [4.78, 5) is 0. The lowest BCUT2D eigenvalue weighted by Crippen LogP contribution is -2.47. The van der Waals surface area contributed by atoms with Gasteiger partial charge in [0.25, 0.3) is 10.2 Å². The summed E-state index contributed by atoms with van der Waals surface area (Å²) in [7, 11) is -3.23. The molecule has 0 aliphatic carbocycles. The van der Waals surface area contributed by atoms with Crippen LogP contribution >= 0.6 is 0 Å². The molecule has 6 heteroatoms. The highest BCUT2D eigenvalue weighted by Gasteiger charge is 2.31. The number of nitrogens with one attached hydrogen (secondary N) is 1. The number of piperidine rings is 1. The fourth-order valence-corrected chi connectivity index (χ4v) is 4.19. The Morgan fingerprint density at radius 1 is 1.16 bits per heavy atom. The quantitative estimate of drug-likeness (QED) is 0.686. The van der Waals surface area contributed by atoms with E-state index in [1.165, 1.54) is 0 Å². The van der Waals surface area contributed by atoms with Gasteiger partial charge in [0.2, 0.25) is 0 Å². The van der Waals surface area contributed by atoms with Crippen molar-refractivity contribution < 1.29 is 8.42 Å². The Kier molecular flexibility index (Phi) is 7.28. The minimum atomic E-state index is -3.23. The van der Waals surface area contributed by atoms with Gasteiger partial charge in [-0.05, 0) is 38.3 Å². The Balaban J connectivity index is 2.44. The van der Waals surface area contributed by atoms with E-state index < -0.39 is 10.2 Å². The standard InChI is InChI=1S/C13H29N3O2S/c1-4-9-14-12-13-7-10-16(11-8-13)19(17,18)15(5-2)6-3/h13-14H,4-12H2,1-3H3. The van der Waals surface area contributed by atoms with Crippen LogP contribution in [0.4, 0.5) is 0 Å². The van der Waals surface area contributed by atoms with E-state index in [2.05, 4.69) is 12.2 Å². The Labute approximate surface area is 118 Å². The Morgan fingerprint density at radius 2 is 1.74 bits per heavy atom. The van der Waals surface area contributed by atoms with Crippen LogP contribution in [0, 0.1) is 5.92 Å². The van der Waals surface area contributed by atoms with Crippen LogP contribution in [-0.4, -0.2) is 56.3 Å². The monoisotopic (exact) mass is 291 g/mol. The van der Waals surface area contributed by atoms with Crippen molar-refractivity contribution in [1.82, 2.24) is 13.9 Å². The second-order valence-electron chi connectivity index (χ2n) is 5.14. The maximum absolute atomic E-state index is 12.4. The van der Waals surface area contributed by atoms with Crippen molar-refractivity contribution in [3.63, 3.8) is 0 Å². The molecular formula is C13H29N3O2S. The molecule has 0 atom stereocenters. The number of rotatable bonds is 8. The van der Waals surface area contributed by atoms with E-state index in [9.17, 15) is 8.42 Å². The SMILES string of the molecule is CCCNCC1CCN(S(=O)(=O)N(CC)CC)CC1. The van der Waals surface area contributed by atoms with Gasteiger partial charge in [-0.3, -0.25) is 0 Å². The average molecular weight is 291 g/mol. The third-order valence-corrected chi connectivity index (χ3v) is 5.98. The lowest BCUT2D eigenvalue weighted by Gasteiger charge is -2.34. The molecule has 1 aliphatic heterocycles. The van der Waals surface area contributed by atoms with Gasteiger partial charge in [-0.15, -0.1) is 0 Å². The Morgan fingerprint density at radius 3 is 2.21 bits per heavy atom. The van der Waals surface area contributed by atoms with E-state index >= 15 is 0 Å². The minimum absolute atomic E-state index is 0.552. The number of hydrogen-bond acceptors (Lipinski definition) is 3.